The zero-order valence-corrected chi connectivity index (χ0v) is 14.1. The Hall–Kier alpha value is -1.88. The molecule has 0 fully saturated rings. The second-order valence-electron chi connectivity index (χ2n) is 5.94. The lowest BCUT2D eigenvalue weighted by Gasteiger charge is -2.30. The summed E-state index contributed by atoms with van der Waals surface area (Å²) in [6.07, 6.45) is 2.09. The first kappa shape index (κ1) is 17.5. The van der Waals surface area contributed by atoms with E-state index in [0.717, 1.165) is 19.4 Å². The summed E-state index contributed by atoms with van der Waals surface area (Å²) in [5.41, 5.74) is 2.57. The van der Waals surface area contributed by atoms with Crippen LogP contribution in [0.25, 0.3) is 0 Å². The van der Waals surface area contributed by atoms with E-state index >= 15 is 0 Å². The van der Waals surface area contributed by atoms with Gasteiger partial charge in [0, 0.05) is 53.2 Å². The van der Waals surface area contributed by atoms with Crippen LogP contribution in [0.1, 0.15) is 30.9 Å². The minimum absolute atomic E-state index is 0.0119. The van der Waals surface area contributed by atoms with E-state index in [1.807, 2.05) is 17.0 Å². The van der Waals surface area contributed by atoms with Crippen molar-refractivity contribution in [3.05, 3.63) is 35.4 Å². The summed E-state index contributed by atoms with van der Waals surface area (Å²) in [4.78, 5) is 27.7. The molecule has 1 aromatic carbocycles. The second kappa shape index (κ2) is 8.67. The Morgan fingerprint density at radius 1 is 1.22 bits per heavy atom. The number of fused-ring (bicyclic) bond motifs is 1. The molecule has 1 aliphatic rings. The lowest BCUT2D eigenvalue weighted by Crippen LogP contribution is -2.39. The molecule has 2 rings (SSSR count). The van der Waals surface area contributed by atoms with Crippen molar-refractivity contribution in [2.75, 3.05) is 33.4 Å². The van der Waals surface area contributed by atoms with Crippen molar-refractivity contribution in [1.29, 1.82) is 0 Å². The summed E-state index contributed by atoms with van der Waals surface area (Å²) in [7, 11) is 1.65. The topological polar surface area (TPSA) is 49.9 Å². The van der Waals surface area contributed by atoms with Crippen molar-refractivity contribution < 1.29 is 14.3 Å². The number of carbonyl (C=O) groups excluding carboxylic acids is 2. The molecule has 0 bridgehead atoms. The average Bonchev–Trinajstić information content (AvgIpc) is 2.57. The Balaban J connectivity index is 1.83. The minimum atomic E-state index is 0.0119. The minimum Gasteiger partial charge on any atom is -0.385 e. The summed E-state index contributed by atoms with van der Waals surface area (Å²) >= 11 is 0. The van der Waals surface area contributed by atoms with E-state index in [2.05, 4.69) is 12.1 Å². The highest BCUT2D eigenvalue weighted by molar-refractivity contribution is 5.78. The van der Waals surface area contributed by atoms with Gasteiger partial charge in [0.1, 0.15) is 0 Å². The molecule has 5 nitrogen and oxygen atoms in total. The van der Waals surface area contributed by atoms with Crippen molar-refractivity contribution >= 4 is 11.8 Å². The molecule has 2 amide bonds. The lowest BCUT2D eigenvalue weighted by atomic mass is 10.00. The van der Waals surface area contributed by atoms with Crippen molar-refractivity contribution in [3.8, 4) is 0 Å². The van der Waals surface area contributed by atoms with Crippen LogP contribution in [0, 0.1) is 0 Å². The van der Waals surface area contributed by atoms with E-state index < -0.39 is 0 Å². The summed E-state index contributed by atoms with van der Waals surface area (Å²) in [5.74, 6) is 0.135. The highest BCUT2D eigenvalue weighted by Crippen LogP contribution is 2.19. The maximum atomic E-state index is 12.4. The molecule has 5 heteroatoms. The van der Waals surface area contributed by atoms with E-state index in [1.165, 1.54) is 11.1 Å². The van der Waals surface area contributed by atoms with Gasteiger partial charge in [0.25, 0.3) is 0 Å². The van der Waals surface area contributed by atoms with Gasteiger partial charge in [-0.15, -0.1) is 0 Å². The van der Waals surface area contributed by atoms with Crippen LogP contribution in [0.4, 0.5) is 0 Å². The molecule has 1 aliphatic heterocycles. The van der Waals surface area contributed by atoms with Gasteiger partial charge in [-0.25, -0.2) is 0 Å². The molecule has 0 aliphatic carbocycles. The van der Waals surface area contributed by atoms with Crippen LogP contribution in [0.15, 0.2) is 24.3 Å². The number of hydrogen-bond acceptors (Lipinski definition) is 3. The fraction of sp³-hybridized carbons (Fsp3) is 0.556. The molecule has 0 N–H and O–H groups in total. The van der Waals surface area contributed by atoms with Crippen LogP contribution in [-0.4, -0.2) is 55.0 Å². The van der Waals surface area contributed by atoms with Crippen LogP contribution in [0.5, 0.6) is 0 Å². The Kier molecular flexibility index (Phi) is 6.59. The number of nitrogens with zero attached hydrogens (tertiary/aromatic N) is 2. The molecule has 0 unspecified atom stereocenters. The highest BCUT2D eigenvalue weighted by atomic mass is 16.5. The number of hydrogen-bond donors (Lipinski definition) is 0. The molecule has 0 radical (unpaired) electrons. The number of benzene rings is 1. The number of carbonyl (C=O) groups is 2. The van der Waals surface area contributed by atoms with E-state index in [9.17, 15) is 9.59 Å². The Bertz CT molecular complexity index is 545. The smallest absolute Gasteiger partial charge is 0.224 e. The molecule has 126 valence electrons. The monoisotopic (exact) mass is 318 g/mol. The molecule has 0 saturated carbocycles. The summed E-state index contributed by atoms with van der Waals surface area (Å²) in [6, 6.07) is 8.27. The molecular weight excluding hydrogens is 292 g/mol. The molecule has 23 heavy (non-hydrogen) atoms. The van der Waals surface area contributed by atoms with Crippen molar-refractivity contribution in [1.82, 2.24) is 9.80 Å². The van der Waals surface area contributed by atoms with Crippen molar-refractivity contribution in [3.63, 3.8) is 0 Å². The van der Waals surface area contributed by atoms with Crippen molar-refractivity contribution in [2.45, 2.75) is 32.7 Å². The van der Waals surface area contributed by atoms with Gasteiger partial charge in [-0.2, -0.15) is 0 Å². The Morgan fingerprint density at radius 3 is 2.65 bits per heavy atom. The normalized spacial score (nSPS) is 13.6. The van der Waals surface area contributed by atoms with Gasteiger partial charge in [-0.1, -0.05) is 24.3 Å². The zero-order chi connectivity index (χ0) is 16.7. The maximum Gasteiger partial charge on any atom is 0.224 e. The first-order valence-electron chi connectivity index (χ1n) is 8.21. The third-order valence-electron chi connectivity index (χ3n) is 4.30. The van der Waals surface area contributed by atoms with E-state index in [1.54, 1.807) is 18.9 Å². The van der Waals surface area contributed by atoms with Gasteiger partial charge in [-0.05, 0) is 24.0 Å². The summed E-state index contributed by atoms with van der Waals surface area (Å²) in [6.45, 7) is 4.74. The maximum absolute atomic E-state index is 12.4. The Labute approximate surface area is 138 Å². The largest absolute Gasteiger partial charge is 0.385 e. The first-order valence-corrected chi connectivity index (χ1v) is 8.21. The zero-order valence-electron chi connectivity index (χ0n) is 14.1. The number of methoxy groups -OCH3 is 1. The number of rotatable bonds is 7. The SMILES string of the molecule is COCCCN(CCC(=O)N1CCc2ccccc2C1)C(C)=O. The third kappa shape index (κ3) is 5.06. The highest BCUT2D eigenvalue weighted by Gasteiger charge is 2.21. The molecule has 0 aromatic heterocycles. The van der Waals surface area contributed by atoms with Crippen LogP contribution in [0.2, 0.25) is 0 Å². The fourth-order valence-electron chi connectivity index (χ4n) is 2.92. The number of ether oxygens (including phenoxy) is 1. The first-order chi connectivity index (χ1) is 11.1. The molecule has 1 aromatic rings. The lowest BCUT2D eigenvalue weighted by molar-refractivity contribution is -0.134. The molecule has 0 saturated heterocycles. The summed E-state index contributed by atoms with van der Waals surface area (Å²) in [5, 5.41) is 0. The second-order valence-corrected chi connectivity index (χ2v) is 5.94. The standard InChI is InChI=1S/C18H26N2O3/c1-15(21)19(10-5-13-23-2)12-9-18(22)20-11-8-16-6-3-4-7-17(16)14-20/h3-4,6-7H,5,8-14H2,1-2H3. The van der Waals surface area contributed by atoms with E-state index in [4.69, 9.17) is 4.74 Å². The third-order valence-corrected chi connectivity index (χ3v) is 4.30. The van der Waals surface area contributed by atoms with Gasteiger partial charge >= 0.3 is 0 Å². The van der Waals surface area contributed by atoms with Crippen LogP contribution in [-0.2, 0) is 27.3 Å². The van der Waals surface area contributed by atoms with E-state index in [0.29, 0.717) is 32.7 Å². The van der Waals surface area contributed by atoms with Gasteiger partial charge in [0.2, 0.25) is 11.8 Å². The predicted octanol–water partition coefficient (Wildman–Crippen LogP) is 1.85. The van der Waals surface area contributed by atoms with Gasteiger partial charge in [0.05, 0.1) is 0 Å². The molecule has 0 spiro atoms. The summed E-state index contributed by atoms with van der Waals surface area (Å²) < 4.78 is 5.01. The van der Waals surface area contributed by atoms with Crippen LogP contribution < -0.4 is 0 Å². The van der Waals surface area contributed by atoms with Gasteiger partial charge in [-0.3, -0.25) is 9.59 Å². The number of amides is 2. The predicted molar refractivity (Wildman–Crippen MR) is 88.9 cm³/mol. The Morgan fingerprint density at radius 2 is 1.96 bits per heavy atom. The molecule has 0 atom stereocenters. The van der Waals surface area contributed by atoms with E-state index in [-0.39, 0.29) is 11.8 Å². The van der Waals surface area contributed by atoms with Crippen LogP contribution in [0.3, 0.4) is 0 Å². The average molecular weight is 318 g/mol. The van der Waals surface area contributed by atoms with Crippen molar-refractivity contribution in [2.24, 2.45) is 0 Å². The fourth-order valence-corrected chi connectivity index (χ4v) is 2.92. The quantitative estimate of drug-likeness (QED) is 0.721. The molecular formula is C18H26N2O3. The van der Waals surface area contributed by atoms with Gasteiger partial charge < -0.3 is 14.5 Å². The van der Waals surface area contributed by atoms with Crippen LogP contribution >= 0.6 is 0 Å². The molecule has 1 heterocycles. The van der Waals surface area contributed by atoms with Gasteiger partial charge in [0.15, 0.2) is 0 Å².